The van der Waals surface area contributed by atoms with Crippen LogP contribution in [0.3, 0.4) is 0 Å². The van der Waals surface area contributed by atoms with Crippen LogP contribution in [-0.2, 0) is 12.6 Å². The number of nitro benzene ring substituents is 1. The standard InChI is InChI=1S/C21H19F3N4O2/c1-13-8-9-16(28(29)30)12-18(13)27-20-17(7-2-3-10-25-20)19(26-27)14-5-4-6-15(11-14)21(22,23)24/h4-6,8-9,11-12,25H,2-3,7,10H2,1H3. The van der Waals surface area contributed by atoms with Crippen molar-refractivity contribution in [1.29, 1.82) is 0 Å². The molecule has 0 saturated heterocycles. The Kier molecular flexibility index (Phi) is 4.97. The lowest BCUT2D eigenvalue weighted by Crippen LogP contribution is -2.08. The van der Waals surface area contributed by atoms with Crippen LogP contribution in [0.4, 0.5) is 24.7 Å². The smallest absolute Gasteiger partial charge is 0.370 e. The second-order valence-corrected chi connectivity index (χ2v) is 7.28. The Hall–Kier alpha value is -3.36. The Balaban J connectivity index is 1.93. The van der Waals surface area contributed by atoms with Gasteiger partial charge in [0.1, 0.15) is 5.82 Å². The zero-order valence-electron chi connectivity index (χ0n) is 16.2. The van der Waals surface area contributed by atoms with Gasteiger partial charge < -0.3 is 5.32 Å². The fourth-order valence-electron chi connectivity index (χ4n) is 3.69. The molecule has 1 N–H and O–H groups in total. The number of rotatable bonds is 3. The lowest BCUT2D eigenvalue weighted by molar-refractivity contribution is -0.384. The molecule has 4 rings (SSSR count). The molecule has 0 unspecified atom stereocenters. The maximum Gasteiger partial charge on any atom is 0.416 e. The number of hydrogen-bond donors (Lipinski definition) is 1. The van der Waals surface area contributed by atoms with Gasteiger partial charge in [-0.2, -0.15) is 18.3 Å². The van der Waals surface area contributed by atoms with Crippen LogP contribution < -0.4 is 5.32 Å². The molecule has 9 heteroatoms. The van der Waals surface area contributed by atoms with Crippen LogP contribution in [0.1, 0.15) is 29.5 Å². The number of nitrogens with zero attached hydrogens (tertiary/aromatic N) is 3. The maximum absolute atomic E-state index is 13.2. The van der Waals surface area contributed by atoms with E-state index in [2.05, 4.69) is 10.4 Å². The Bertz CT molecular complexity index is 1120. The predicted octanol–water partition coefficient (Wildman–Crippen LogP) is 5.52. The Morgan fingerprint density at radius 2 is 1.97 bits per heavy atom. The van der Waals surface area contributed by atoms with E-state index in [1.54, 1.807) is 16.8 Å². The van der Waals surface area contributed by atoms with E-state index in [9.17, 15) is 23.3 Å². The van der Waals surface area contributed by atoms with E-state index in [1.165, 1.54) is 18.2 Å². The quantitative estimate of drug-likeness (QED) is 0.451. The highest BCUT2D eigenvalue weighted by molar-refractivity contribution is 5.72. The highest BCUT2D eigenvalue weighted by Gasteiger charge is 2.31. The molecule has 0 amide bonds. The lowest BCUT2D eigenvalue weighted by Gasteiger charge is -2.11. The molecule has 0 saturated carbocycles. The number of aryl methyl sites for hydroxylation is 1. The van der Waals surface area contributed by atoms with E-state index in [0.717, 1.165) is 36.1 Å². The molecule has 1 aliphatic heterocycles. The molecule has 2 aromatic carbocycles. The van der Waals surface area contributed by atoms with Crippen LogP contribution >= 0.6 is 0 Å². The summed E-state index contributed by atoms with van der Waals surface area (Å²) in [5.41, 5.74) is 2.12. The molecule has 0 aliphatic carbocycles. The number of non-ortho nitro benzene ring substituents is 1. The number of aromatic nitrogens is 2. The average Bonchev–Trinajstić information content (AvgIpc) is 2.88. The summed E-state index contributed by atoms with van der Waals surface area (Å²) in [5.74, 6) is 0.670. The van der Waals surface area contributed by atoms with Crippen LogP contribution in [0.25, 0.3) is 16.9 Å². The van der Waals surface area contributed by atoms with E-state index in [1.807, 2.05) is 6.92 Å². The van der Waals surface area contributed by atoms with Crippen molar-refractivity contribution >= 4 is 11.5 Å². The van der Waals surface area contributed by atoms with Gasteiger partial charge in [-0.25, -0.2) is 4.68 Å². The minimum Gasteiger partial charge on any atom is -0.370 e. The van der Waals surface area contributed by atoms with E-state index in [0.29, 0.717) is 35.7 Å². The zero-order valence-corrected chi connectivity index (χ0v) is 16.2. The minimum absolute atomic E-state index is 0.0749. The summed E-state index contributed by atoms with van der Waals surface area (Å²) in [6, 6.07) is 9.59. The molecular weight excluding hydrogens is 397 g/mol. The summed E-state index contributed by atoms with van der Waals surface area (Å²) in [6.07, 6.45) is -2.03. The SMILES string of the molecule is Cc1ccc([N+](=O)[O-])cc1-n1nc(-c2cccc(C(F)(F)F)c2)c2c1NCCCC2. The van der Waals surface area contributed by atoms with Crippen molar-refractivity contribution in [3.63, 3.8) is 0 Å². The van der Waals surface area contributed by atoms with E-state index in [4.69, 9.17) is 0 Å². The van der Waals surface area contributed by atoms with Gasteiger partial charge in [0.05, 0.1) is 21.9 Å². The van der Waals surface area contributed by atoms with Gasteiger partial charge in [-0.1, -0.05) is 18.2 Å². The van der Waals surface area contributed by atoms with E-state index >= 15 is 0 Å². The average molecular weight is 416 g/mol. The normalized spacial score (nSPS) is 14.0. The number of hydrogen-bond acceptors (Lipinski definition) is 4. The van der Waals surface area contributed by atoms with Crippen LogP contribution in [0.5, 0.6) is 0 Å². The highest BCUT2D eigenvalue weighted by atomic mass is 19.4. The number of halogens is 3. The van der Waals surface area contributed by atoms with E-state index < -0.39 is 16.7 Å². The van der Waals surface area contributed by atoms with Gasteiger partial charge in [0.15, 0.2) is 0 Å². The number of benzene rings is 2. The minimum atomic E-state index is -4.45. The van der Waals surface area contributed by atoms with Crippen LogP contribution in [0, 0.1) is 17.0 Å². The van der Waals surface area contributed by atoms with Crippen molar-refractivity contribution in [2.24, 2.45) is 0 Å². The predicted molar refractivity (Wildman–Crippen MR) is 107 cm³/mol. The first-order valence-corrected chi connectivity index (χ1v) is 9.54. The zero-order chi connectivity index (χ0) is 21.5. The third-order valence-corrected chi connectivity index (χ3v) is 5.22. The molecule has 0 atom stereocenters. The highest BCUT2D eigenvalue weighted by Crippen LogP contribution is 2.37. The fraction of sp³-hybridized carbons (Fsp3) is 0.286. The first-order valence-electron chi connectivity index (χ1n) is 9.54. The molecule has 0 fully saturated rings. The molecule has 1 aromatic heterocycles. The number of alkyl halides is 3. The molecule has 3 aromatic rings. The van der Waals surface area contributed by atoms with Gasteiger partial charge in [-0.05, 0) is 43.9 Å². The second kappa shape index (κ2) is 7.47. The summed E-state index contributed by atoms with van der Waals surface area (Å²) in [7, 11) is 0. The summed E-state index contributed by atoms with van der Waals surface area (Å²) < 4.78 is 41.3. The maximum atomic E-state index is 13.2. The third-order valence-electron chi connectivity index (χ3n) is 5.22. The van der Waals surface area contributed by atoms with Crippen molar-refractivity contribution in [3.8, 4) is 16.9 Å². The van der Waals surface area contributed by atoms with Gasteiger partial charge in [-0.15, -0.1) is 0 Å². The summed E-state index contributed by atoms with van der Waals surface area (Å²) in [4.78, 5) is 10.8. The number of anilines is 1. The van der Waals surface area contributed by atoms with Crippen LogP contribution in [0.15, 0.2) is 42.5 Å². The van der Waals surface area contributed by atoms with Gasteiger partial charge in [0.25, 0.3) is 5.69 Å². The van der Waals surface area contributed by atoms with E-state index in [-0.39, 0.29) is 5.69 Å². The number of nitro groups is 1. The summed E-state index contributed by atoms with van der Waals surface area (Å²) in [5, 5.41) is 19.2. The number of fused-ring (bicyclic) bond motifs is 1. The molecule has 2 heterocycles. The van der Waals surface area contributed by atoms with Crippen LogP contribution in [0.2, 0.25) is 0 Å². The van der Waals surface area contributed by atoms with Crippen molar-refractivity contribution in [2.45, 2.75) is 32.4 Å². The third kappa shape index (κ3) is 3.62. The second-order valence-electron chi connectivity index (χ2n) is 7.28. The monoisotopic (exact) mass is 416 g/mol. The first kappa shape index (κ1) is 19.9. The Morgan fingerprint density at radius 1 is 1.17 bits per heavy atom. The molecular formula is C21H19F3N4O2. The molecule has 30 heavy (non-hydrogen) atoms. The Morgan fingerprint density at radius 3 is 2.70 bits per heavy atom. The van der Waals surface area contributed by atoms with Crippen molar-refractivity contribution in [1.82, 2.24) is 9.78 Å². The lowest BCUT2D eigenvalue weighted by atomic mass is 10.0. The van der Waals surface area contributed by atoms with Gasteiger partial charge in [-0.3, -0.25) is 10.1 Å². The molecule has 156 valence electrons. The fourth-order valence-corrected chi connectivity index (χ4v) is 3.69. The van der Waals surface area contributed by atoms with Crippen molar-refractivity contribution < 1.29 is 18.1 Å². The van der Waals surface area contributed by atoms with Crippen molar-refractivity contribution in [2.75, 3.05) is 11.9 Å². The number of nitrogens with one attached hydrogen (secondary N) is 1. The molecule has 1 aliphatic rings. The largest absolute Gasteiger partial charge is 0.416 e. The molecule has 0 bridgehead atoms. The van der Waals surface area contributed by atoms with Crippen molar-refractivity contribution in [3.05, 3.63) is 69.3 Å². The molecule has 0 radical (unpaired) electrons. The molecule has 6 nitrogen and oxygen atoms in total. The van der Waals surface area contributed by atoms with Gasteiger partial charge >= 0.3 is 6.18 Å². The molecule has 0 spiro atoms. The Labute approximate surface area is 170 Å². The topological polar surface area (TPSA) is 73.0 Å². The van der Waals surface area contributed by atoms with Crippen LogP contribution in [-0.4, -0.2) is 21.2 Å². The summed E-state index contributed by atoms with van der Waals surface area (Å²) >= 11 is 0. The van der Waals surface area contributed by atoms with Gasteiger partial charge in [0.2, 0.25) is 0 Å². The van der Waals surface area contributed by atoms with Gasteiger partial charge in [0, 0.05) is 29.8 Å². The summed E-state index contributed by atoms with van der Waals surface area (Å²) in [6.45, 7) is 2.50. The first-order chi connectivity index (χ1) is 14.3.